The van der Waals surface area contributed by atoms with Gasteiger partial charge in [-0.15, -0.1) is 0 Å². The quantitative estimate of drug-likeness (QED) is 0.410. The van der Waals surface area contributed by atoms with Gasteiger partial charge in [0.2, 0.25) is 5.88 Å². The molecule has 1 aliphatic heterocycles. The maximum atomic E-state index is 12.7. The number of benzene rings is 1. The van der Waals surface area contributed by atoms with Crippen molar-refractivity contribution in [3.05, 3.63) is 56.7 Å². The highest BCUT2D eigenvalue weighted by Gasteiger charge is 2.41. The summed E-state index contributed by atoms with van der Waals surface area (Å²) >= 11 is 0. The highest BCUT2D eigenvalue weighted by atomic mass is 16.6. The fourth-order valence-electron chi connectivity index (χ4n) is 3.03. The van der Waals surface area contributed by atoms with Crippen LogP contribution in [0, 0.1) is 10.1 Å². The Morgan fingerprint density at radius 2 is 1.76 bits per heavy atom. The number of nitrogens with zero attached hydrogens (tertiary/aromatic N) is 1. The summed E-state index contributed by atoms with van der Waals surface area (Å²) in [6.45, 7) is 4.83. The van der Waals surface area contributed by atoms with Gasteiger partial charge in [0, 0.05) is 17.7 Å². The molecule has 1 aromatic carbocycles. The van der Waals surface area contributed by atoms with Gasteiger partial charge in [-0.25, -0.2) is 9.59 Å². The van der Waals surface area contributed by atoms with Crippen molar-refractivity contribution in [2.45, 2.75) is 26.7 Å². The number of nitrogens with two attached hydrogens (primary N) is 1. The number of nitro benzene ring substituents is 1. The lowest BCUT2D eigenvalue weighted by molar-refractivity contribution is -0.384. The van der Waals surface area contributed by atoms with E-state index in [1.807, 2.05) is 0 Å². The number of hydrogen-bond acceptors (Lipinski definition) is 9. The van der Waals surface area contributed by atoms with E-state index in [2.05, 4.69) is 0 Å². The van der Waals surface area contributed by atoms with Crippen molar-refractivity contribution in [3.8, 4) is 5.75 Å². The molecular formula is C19H22N2O8. The molecule has 0 saturated carbocycles. The Morgan fingerprint density at radius 1 is 1.17 bits per heavy atom. The molecule has 0 bridgehead atoms. The summed E-state index contributed by atoms with van der Waals surface area (Å²) in [6, 6.07) is 3.84. The first-order valence-corrected chi connectivity index (χ1v) is 8.81. The molecule has 29 heavy (non-hydrogen) atoms. The zero-order valence-corrected chi connectivity index (χ0v) is 16.5. The van der Waals surface area contributed by atoms with Crippen molar-refractivity contribution in [2.24, 2.45) is 5.73 Å². The number of carbonyl (C=O) groups is 2. The predicted octanol–water partition coefficient (Wildman–Crippen LogP) is 2.29. The number of ether oxygens (including phenoxy) is 4. The van der Waals surface area contributed by atoms with Crippen molar-refractivity contribution in [3.63, 3.8) is 0 Å². The molecule has 156 valence electrons. The molecule has 1 aromatic rings. The molecule has 1 heterocycles. The molecular weight excluding hydrogens is 384 g/mol. The van der Waals surface area contributed by atoms with Gasteiger partial charge in [-0.3, -0.25) is 10.1 Å². The SMILES string of the molecule is CCOC(=O)C1=C(C)OC(N)=C(C(=O)OCC)C1c1cc([N+](=O)[O-])ccc1OC. The molecule has 0 radical (unpaired) electrons. The lowest BCUT2D eigenvalue weighted by Gasteiger charge is -2.29. The normalized spacial score (nSPS) is 16.2. The molecule has 1 unspecified atom stereocenters. The van der Waals surface area contributed by atoms with Gasteiger partial charge in [0.05, 0.1) is 36.7 Å². The first kappa shape index (κ1) is 21.7. The molecule has 0 saturated heterocycles. The maximum absolute atomic E-state index is 12.7. The molecule has 10 heteroatoms. The van der Waals surface area contributed by atoms with Crippen LogP contribution in [0.1, 0.15) is 32.3 Å². The monoisotopic (exact) mass is 406 g/mol. The van der Waals surface area contributed by atoms with E-state index in [1.165, 1.54) is 32.2 Å². The Morgan fingerprint density at radius 3 is 2.28 bits per heavy atom. The molecule has 2 rings (SSSR count). The lowest BCUT2D eigenvalue weighted by Crippen LogP contribution is -2.30. The smallest absolute Gasteiger partial charge is 0.340 e. The summed E-state index contributed by atoms with van der Waals surface area (Å²) < 4.78 is 20.9. The lowest BCUT2D eigenvalue weighted by atomic mass is 9.81. The summed E-state index contributed by atoms with van der Waals surface area (Å²) in [7, 11) is 1.36. The number of methoxy groups -OCH3 is 1. The Balaban J connectivity index is 2.81. The van der Waals surface area contributed by atoms with Gasteiger partial charge in [0.1, 0.15) is 17.1 Å². The Kier molecular flexibility index (Phi) is 6.81. The minimum atomic E-state index is -1.14. The second-order valence-electron chi connectivity index (χ2n) is 5.91. The maximum Gasteiger partial charge on any atom is 0.340 e. The predicted molar refractivity (Wildman–Crippen MR) is 101 cm³/mol. The number of rotatable bonds is 7. The van der Waals surface area contributed by atoms with Crippen LogP contribution in [0.2, 0.25) is 0 Å². The molecule has 0 spiro atoms. The zero-order chi connectivity index (χ0) is 21.7. The van der Waals surface area contributed by atoms with E-state index in [0.29, 0.717) is 0 Å². The van der Waals surface area contributed by atoms with Gasteiger partial charge in [0.25, 0.3) is 5.69 Å². The number of nitro groups is 1. The van der Waals surface area contributed by atoms with Crippen LogP contribution in [0.15, 0.2) is 41.0 Å². The van der Waals surface area contributed by atoms with E-state index in [1.54, 1.807) is 13.8 Å². The molecule has 10 nitrogen and oxygen atoms in total. The van der Waals surface area contributed by atoms with Crippen molar-refractivity contribution in [1.29, 1.82) is 0 Å². The standard InChI is InChI=1S/C19H22N2O8/c1-5-27-18(22)14-10(3)29-17(20)16(19(23)28-6-2)15(14)12-9-11(21(24)25)7-8-13(12)26-4/h7-9,15H,5-6,20H2,1-4H3. The summed E-state index contributed by atoms with van der Waals surface area (Å²) in [5.74, 6) is -2.67. The fourth-order valence-corrected chi connectivity index (χ4v) is 3.03. The van der Waals surface area contributed by atoms with Crippen LogP contribution < -0.4 is 10.5 Å². The van der Waals surface area contributed by atoms with Crippen LogP contribution in [0.4, 0.5) is 5.69 Å². The van der Waals surface area contributed by atoms with Gasteiger partial charge >= 0.3 is 11.9 Å². The van der Waals surface area contributed by atoms with Gasteiger partial charge in [-0.1, -0.05) is 0 Å². The van der Waals surface area contributed by atoms with Gasteiger partial charge in [-0.05, 0) is 26.8 Å². The minimum Gasteiger partial charge on any atom is -0.496 e. The Hall–Kier alpha value is -3.56. The molecule has 0 amide bonds. The van der Waals surface area contributed by atoms with Crippen molar-refractivity contribution < 1.29 is 33.5 Å². The topological polar surface area (TPSA) is 140 Å². The van der Waals surface area contributed by atoms with Gasteiger partial charge < -0.3 is 24.7 Å². The number of non-ortho nitro benzene ring substituents is 1. The fraction of sp³-hybridized carbons (Fsp3) is 0.368. The zero-order valence-electron chi connectivity index (χ0n) is 16.5. The third-order valence-corrected chi connectivity index (χ3v) is 4.21. The summed E-state index contributed by atoms with van der Waals surface area (Å²) in [5, 5.41) is 11.3. The Bertz CT molecular complexity index is 863. The average molecular weight is 406 g/mol. The number of hydrogen-bond donors (Lipinski definition) is 1. The van der Waals surface area contributed by atoms with E-state index in [9.17, 15) is 19.7 Å². The van der Waals surface area contributed by atoms with E-state index >= 15 is 0 Å². The third-order valence-electron chi connectivity index (χ3n) is 4.21. The second-order valence-corrected chi connectivity index (χ2v) is 5.91. The number of carbonyl (C=O) groups excluding carboxylic acids is 2. The molecule has 0 aliphatic carbocycles. The van der Waals surface area contributed by atoms with E-state index in [-0.39, 0.29) is 53.0 Å². The molecule has 2 N–H and O–H groups in total. The van der Waals surface area contributed by atoms with Gasteiger partial charge in [-0.2, -0.15) is 0 Å². The average Bonchev–Trinajstić information content (AvgIpc) is 2.66. The van der Waals surface area contributed by atoms with Crippen LogP contribution >= 0.6 is 0 Å². The third kappa shape index (κ3) is 4.31. The summed E-state index contributed by atoms with van der Waals surface area (Å²) in [4.78, 5) is 36.1. The highest BCUT2D eigenvalue weighted by molar-refractivity contribution is 5.99. The Labute approximate surface area is 167 Å². The number of allylic oxidation sites excluding steroid dienone is 1. The number of esters is 2. The van der Waals surface area contributed by atoms with Crippen molar-refractivity contribution in [1.82, 2.24) is 0 Å². The second kappa shape index (κ2) is 9.09. The van der Waals surface area contributed by atoms with E-state index in [4.69, 9.17) is 24.7 Å². The molecule has 0 fully saturated rings. The first-order valence-electron chi connectivity index (χ1n) is 8.81. The highest BCUT2D eigenvalue weighted by Crippen LogP contribution is 2.44. The molecule has 1 aliphatic rings. The van der Waals surface area contributed by atoms with Gasteiger partial charge in [0.15, 0.2) is 0 Å². The van der Waals surface area contributed by atoms with Crippen molar-refractivity contribution in [2.75, 3.05) is 20.3 Å². The summed E-state index contributed by atoms with van der Waals surface area (Å²) in [5.41, 5.74) is 5.68. The van der Waals surface area contributed by atoms with E-state index < -0.39 is 22.8 Å². The summed E-state index contributed by atoms with van der Waals surface area (Å²) in [6.07, 6.45) is 0. The van der Waals surface area contributed by atoms with Crippen LogP contribution in [-0.4, -0.2) is 37.2 Å². The molecule has 1 atom stereocenters. The van der Waals surface area contributed by atoms with Crippen LogP contribution in [0.5, 0.6) is 5.75 Å². The molecule has 0 aromatic heterocycles. The van der Waals surface area contributed by atoms with Crippen LogP contribution in [0.3, 0.4) is 0 Å². The van der Waals surface area contributed by atoms with Crippen molar-refractivity contribution >= 4 is 17.6 Å². The largest absolute Gasteiger partial charge is 0.496 e. The minimum absolute atomic E-state index is 0.0251. The van der Waals surface area contributed by atoms with E-state index in [0.717, 1.165) is 0 Å². The van der Waals surface area contributed by atoms with Crippen LogP contribution in [0.25, 0.3) is 0 Å². The van der Waals surface area contributed by atoms with Crippen LogP contribution in [-0.2, 0) is 23.8 Å². The first-order chi connectivity index (χ1) is 13.8.